The lowest BCUT2D eigenvalue weighted by Gasteiger charge is -2.37. The van der Waals surface area contributed by atoms with Gasteiger partial charge in [-0.25, -0.2) is 4.79 Å². The van der Waals surface area contributed by atoms with Crippen LogP contribution in [0, 0.1) is 0 Å². The van der Waals surface area contributed by atoms with Crippen LogP contribution in [-0.4, -0.2) is 29.7 Å². The number of nitrogens with one attached hydrogen (secondary N) is 2. The highest BCUT2D eigenvalue weighted by Gasteiger charge is 2.31. The summed E-state index contributed by atoms with van der Waals surface area (Å²) in [6.07, 6.45) is 1.62. The third-order valence-corrected chi connectivity index (χ3v) is 3.56. The minimum atomic E-state index is -0.474. The lowest BCUT2D eigenvalue weighted by atomic mass is 9.86. The molecule has 126 valence electrons. The van der Waals surface area contributed by atoms with Crippen LogP contribution in [0.4, 0.5) is 10.5 Å². The molecule has 0 heterocycles. The molecule has 0 aromatic heterocycles. The fourth-order valence-corrected chi connectivity index (χ4v) is 2.48. The zero-order valence-electron chi connectivity index (χ0n) is 13.9. The average Bonchev–Trinajstić information content (AvgIpc) is 2.35. The molecule has 23 heavy (non-hydrogen) atoms. The summed E-state index contributed by atoms with van der Waals surface area (Å²) in [6, 6.07) is 8.14. The molecule has 0 spiro atoms. The lowest BCUT2D eigenvalue weighted by Crippen LogP contribution is -2.50. The standard InChI is InChI=1S/C17H25N3O3/c1-17(2,3)23-16(22)20-14-9-13(10-14)19-12-6-4-11(5-7-12)8-15(18)21/h4-7,13-14,19H,8-10H2,1-3H3,(H2,18,21)(H,20,22). The number of benzene rings is 1. The second-order valence-corrected chi connectivity index (χ2v) is 7.00. The largest absolute Gasteiger partial charge is 0.444 e. The molecule has 6 heteroatoms. The Kier molecular flexibility index (Phi) is 5.13. The minimum Gasteiger partial charge on any atom is -0.444 e. The quantitative estimate of drug-likeness (QED) is 0.775. The summed E-state index contributed by atoms with van der Waals surface area (Å²) in [5.74, 6) is -0.333. The highest BCUT2D eigenvalue weighted by molar-refractivity contribution is 5.76. The number of carbonyl (C=O) groups excluding carboxylic acids is 2. The van der Waals surface area contributed by atoms with Gasteiger partial charge in [0.1, 0.15) is 5.60 Å². The van der Waals surface area contributed by atoms with E-state index in [1.807, 2.05) is 45.0 Å². The Morgan fingerprint density at radius 3 is 2.30 bits per heavy atom. The van der Waals surface area contributed by atoms with Crippen LogP contribution in [0.1, 0.15) is 39.2 Å². The van der Waals surface area contributed by atoms with Crippen LogP contribution in [0.3, 0.4) is 0 Å². The van der Waals surface area contributed by atoms with Crippen LogP contribution in [0.5, 0.6) is 0 Å². The molecule has 4 N–H and O–H groups in total. The summed E-state index contributed by atoms with van der Waals surface area (Å²) in [7, 11) is 0. The molecule has 0 aliphatic heterocycles. The molecule has 1 saturated carbocycles. The number of anilines is 1. The Labute approximate surface area is 136 Å². The van der Waals surface area contributed by atoms with Gasteiger partial charge in [-0.15, -0.1) is 0 Å². The number of alkyl carbamates (subject to hydrolysis) is 1. The van der Waals surface area contributed by atoms with Crippen molar-refractivity contribution in [2.75, 3.05) is 5.32 Å². The molecule has 1 aromatic carbocycles. The molecule has 0 radical (unpaired) electrons. The first-order valence-corrected chi connectivity index (χ1v) is 7.84. The van der Waals surface area contributed by atoms with E-state index in [-0.39, 0.29) is 24.5 Å². The maximum atomic E-state index is 11.7. The van der Waals surface area contributed by atoms with Crippen LogP contribution in [-0.2, 0) is 16.0 Å². The molecule has 2 amide bonds. The van der Waals surface area contributed by atoms with Gasteiger partial charge in [0.15, 0.2) is 0 Å². The fourth-order valence-electron chi connectivity index (χ4n) is 2.48. The summed E-state index contributed by atoms with van der Waals surface area (Å²) in [6.45, 7) is 5.54. The van der Waals surface area contributed by atoms with E-state index in [1.54, 1.807) is 0 Å². The molecule has 1 aromatic rings. The van der Waals surface area contributed by atoms with Gasteiger partial charge >= 0.3 is 6.09 Å². The van der Waals surface area contributed by atoms with Crippen molar-refractivity contribution in [3.63, 3.8) is 0 Å². The van der Waals surface area contributed by atoms with Gasteiger partial charge in [0.2, 0.25) is 5.91 Å². The Morgan fingerprint density at radius 1 is 1.17 bits per heavy atom. The number of carbonyl (C=O) groups is 2. The zero-order valence-corrected chi connectivity index (χ0v) is 13.9. The molecule has 0 unspecified atom stereocenters. The van der Waals surface area contributed by atoms with Gasteiger partial charge < -0.3 is 21.1 Å². The first-order valence-electron chi connectivity index (χ1n) is 7.84. The molecular weight excluding hydrogens is 294 g/mol. The number of rotatable bonds is 5. The maximum absolute atomic E-state index is 11.7. The van der Waals surface area contributed by atoms with Gasteiger partial charge in [-0.05, 0) is 51.3 Å². The van der Waals surface area contributed by atoms with E-state index in [4.69, 9.17) is 10.5 Å². The first kappa shape index (κ1) is 17.1. The Hall–Kier alpha value is -2.24. The number of hydrogen-bond acceptors (Lipinski definition) is 4. The van der Waals surface area contributed by atoms with Crippen molar-refractivity contribution in [3.8, 4) is 0 Å². The van der Waals surface area contributed by atoms with Crippen molar-refractivity contribution in [3.05, 3.63) is 29.8 Å². The number of amides is 2. The zero-order chi connectivity index (χ0) is 17.0. The van der Waals surface area contributed by atoms with E-state index in [9.17, 15) is 9.59 Å². The highest BCUT2D eigenvalue weighted by Crippen LogP contribution is 2.25. The van der Waals surface area contributed by atoms with Crippen LogP contribution >= 0.6 is 0 Å². The Balaban J connectivity index is 1.71. The topological polar surface area (TPSA) is 93.4 Å². The van der Waals surface area contributed by atoms with Crippen molar-refractivity contribution in [2.24, 2.45) is 5.73 Å². The second-order valence-electron chi connectivity index (χ2n) is 7.00. The highest BCUT2D eigenvalue weighted by atomic mass is 16.6. The minimum absolute atomic E-state index is 0.150. The van der Waals surface area contributed by atoms with E-state index in [1.165, 1.54) is 0 Å². The fraction of sp³-hybridized carbons (Fsp3) is 0.529. The van der Waals surface area contributed by atoms with Gasteiger partial charge in [0.25, 0.3) is 0 Å². The van der Waals surface area contributed by atoms with Crippen molar-refractivity contribution in [1.82, 2.24) is 5.32 Å². The molecule has 0 atom stereocenters. The smallest absolute Gasteiger partial charge is 0.407 e. The number of ether oxygens (including phenoxy) is 1. The van der Waals surface area contributed by atoms with Gasteiger partial charge in [-0.2, -0.15) is 0 Å². The van der Waals surface area contributed by atoms with Gasteiger partial charge in [0, 0.05) is 17.8 Å². The molecule has 1 aliphatic carbocycles. The van der Waals surface area contributed by atoms with Crippen LogP contribution in [0.15, 0.2) is 24.3 Å². The lowest BCUT2D eigenvalue weighted by molar-refractivity contribution is -0.117. The maximum Gasteiger partial charge on any atom is 0.407 e. The van der Waals surface area contributed by atoms with Crippen LogP contribution in [0.25, 0.3) is 0 Å². The summed E-state index contributed by atoms with van der Waals surface area (Å²) < 4.78 is 5.23. The number of hydrogen-bond donors (Lipinski definition) is 3. The van der Waals surface area contributed by atoms with E-state index in [2.05, 4.69) is 10.6 Å². The monoisotopic (exact) mass is 319 g/mol. The number of nitrogens with two attached hydrogens (primary N) is 1. The summed E-state index contributed by atoms with van der Waals surface area (Å²) in [5, 5.41) is 6.27. The van der Waals surface area contributed by atoms with Crippen molar-refractivity contribution >= 4 is 17.7 Å². The Morgan fingerprint density at radius 2 is 1.78 bits per heavy atom. The molecule has 6 nitrogen and oxygen atoms in total. The van der Waals surface area contributed by atoms with E-state index in [0.29, 0.717) is 6.04 Å². The van der Waals surface area contributed by atoms with E-state index < -0.39 is 5.60 Å². The van der Waals surface area contributed by atoms with Crippen LogP contribution in [0.2, 0.25) is 0 Å². The number of primary amides is 1. The summed E-state index contributed by atoms with van der Waals surface area (Å²) >= 11 is 0. The predicted molar refractivity (Wildman–Crippen MR) is 89.1 cm³/mol. The summed E-state index contributed by atoms with van der Waals surface area (Å²) in [4.78, 5) is 22.5. The third kappa shape index (κ3) is 5.81. The average molecular weight is 319 g/mol. The molecule has 1 aliphatic rings. The molecule has 0 bridgehead atoms. The Bertz CT molecular complexity index is 557. The molecule has 0 saturated heterocycles. The van der Waals surface area contributed by atoms with Crippen molar-refractivity contribution in [1.29, 1.82) is 0 Å². The molecule has 2 rings (SSSR count). The first-order chi connectivity index (χ1) is 10.7. The predicted octanol–water partition coefficient (Wildman–Crippen LogP) is 2.18. The van der Waals surface area contributed by atoms with E-state index >= 15 is 0 Å². The van der Waals surface area contributed by atoms with Crippen LogP contribution < -0.4 is 16.4 Å². The van der Waals surface area contributed by atoms with E-state index in [0.717, 1.165) is 24.1 Å². The van der Waals surface area contributed by atoms with Gasteiger partial charge in [0.05, 0.1) is 6.42 Å². The van der Waals surface area contributed by atoms with Crippen molar-refractivity contribution < 1.29 is 14.3 Å². The third-order valence-electron chi connectivity index (χ3n) is 3.56. The SMILES string of the molecule is CC(C)(C)OC(=O)NC1CC(Nc2ccc(CC(N)=O)cc2)C1. The normalized spacial score (nSPS) is 20.3. The molecule has 1 fully saturated rings. The van der Waals surface area contributed by atoms with Gasteiger partial charge in [-0.1, -0.05) is 12.1 Å². The summed E-state index contributed by atoms with van der Waals surface area (Å²) in [5.41, 5.74) is 6.60. The van der Waals surface area contributed by atoms with Crippen molar-refractivity contribution in [2.45, 2.75) is 57.7 Å². The van der Waals surface area contributed by atoms with Gasteiger partial charge in [-0.3, -0.25) is 4.79 Å². The molecular formula is C17H25N3O3. The second kappa shape index (κ2) is 6.89.